The molecule has 0 radical (unpaired) electrons. The molecule has 94 valence electrons. The quantitative estimate of drug-likeness (QED) is 0.773. The predicted octanol–water partition coefficient (Wildman–Crippen LogP) is 5.27. The van der Waals surface area contributed by atoms with Gasteiger partial charge in [-0.2, -0.15) is 0 Å². The molecule has 2 rings (SSSR count). The molecule has 0 unspecified atom stereocenters. The fraction of sp³-hybridized carbons (Fsp3) is 0.143. The number of nitrogens with one attached hydrogen (secondary N) is 1. The Kier molecular flexibility index (Phi) is 4.40. The molecule has 0 atom stereocenters. The second-order valence-corrected chi connectivity index (χ2v) is 5.88. The van der Waals surface area contributed by atoms with Gasteiger partial charge in [0.05, 0.1) is 0 Å². The molecule has 18 heavy (non-hydrogen) atoms. The number of anilines is 1. The van der Waals surface area contributed by atoms with E-state index < -0.39 is 0 Å². The molecule has 0 fully saturated rings. The summed E-state index contributed by atoms with van der Waals surface area (Å²) in [5.74, 6) is -0.194. The summed E-state index contributed by atoms with van der Waals surface area (Å²) < 4.78 is 15.5. The minimum atomic E-state index is -0.194. The minimum Gasteiger partial charge on any atom is -0.381 e. The zero-order chi connectivity index (χ0) is 13.1. The number of halogens is 3. The summed E-state index contributed by atoms with van der Waals surface area (Å²) in [5.41, 5.74) is 2.78. The maximum atomic E-state index is 13.6. The van der Waals surface area contributed by atoms with Crippen molar-refractivity contribution < 1.29 is 4.39 Å². The molecular weight excluding hydrogens is 361 g/mol. The molecule has 1 nitrogen and oxygen atoms in total. The first-order chi connectivity index (χ1) is 8.56. The normalized spacial score (nSPS) is 10.4. The smallest absolute Gasteiger partial charge is 0.128 e. The van der Waals surface area contributed by atoms with E-state index in [-0.39, 0.29) is 5.82 Å². The molecule has 0 saturated heterocycles. The number of rotatable bonds is 3. The molecule has 0 amide bonds. The van der Waals surface area contributed by atoms with Crippen LogP contribution in [-0.2, 0) is 6.54 Å². The van der Waals surface area contributed by atoms with Crippen LogP contribution >= 0.6 is 31.9 Å². The maximum Gasteiger partial charge on any atom is 0.128 e. The average molecular weight is 373 g/mol. The Balaban J connectivity index is 2.13. The third-order valence-electron chi connectivity index (χ3n) is 2.67. The summed E-state index contributed by atoms with van der Waals surface area (Å²) in [5, 5.41) is 3.24. The molecule has 0 aliphatic rings. The molecule has 0 aromatic heterocycles. The SMILES string of the molecule is Cc1cc(Br)ccc1NCc1cc(Br)ccc1F. The molecule has 2 aromatic rings. The molecular formula is C14H12Br2FN. The van der Waals surface area contributed by atoms with Gasteiger partial charge in [-0.25, -0.2) is 4.39 Å². The number of benzene rings is 2. The Hall–Kier alpha value is -0.870. The van der Waals surface area contributed by atoms with Gasteiger partial charge in [0.25, 0.3) is 0 Å². The third-order valence-corrected chi connectivity index (χ3v) is 3.65. The van der Waals surface area contributed by atoms with Crippen molar-refractivity contribution in [2.45, 2.75) is 13.5 Å². The van der Waals surface area contributed by atoms with E-state index in [1.54, 1.807) is 12.1 Å². The van der Waals surface area contributed by atoms with Crippen LogP contribution in [0.15, 0.2) is 45.3 Å². The molecule has 2 aromatic carbocycles. The lowest BCUT2D eigenvalue weighted by Gasteiger charge is -2.11. The summed E-state index contributed by atoms with van der Waals surface area (Å²) >= 11 is 6.77. The van der Waals surface area contributed by atoms with Crippen molar-refractivity contribution in [1.82, 2.24) is 0 Å². The summed E-state index contributed by atoms with van der Waals surface area (Å²) in [6, 6.07) is 10.9. The van der Waals surface area contributed by atoms with E-state index in [2.05, 4.69) is 37.2 Å². The zero-order valence-corrected chi connectivity index (χ0v) is 13.0. The number of hydrogen-bond acceptors (Lipinski definition) is 1. The lowest BCUT2D eigenvalue weighted by molar-refractivity contribution is 0.612. The second kappa shape index (κ2) is 5.85. The van der Waals surface area contributed by atoms with E-state index in [1.165, 1.54) is 6.07 Å². The third kappa shape index (κ3) is 3.33. The topological polar surface area (TPSA) is 12.0 Å². The van der Waals surface area contributed by atoms with Crippen molar-refractivity contribution in [3.63, 3.8) is 0 Å². The Labute approximate surface area is 123 Å². The highest BCUT2D eigenvalue weighted by molar-refractivity contribution is 9.10. The van der Waals surface area contributed by atoms with E-state index in [0.717, 1.165) is 20.2 Å². The van der Waals surface area contributed by atoms with Gasteiger partial charge in [-0.15, -0.1) is 0 Å². The van der Waals surface area contributed by atoms with E-state index in [4.69, 9.17) is 0 Å². The van der Waals surface area contributed by atoms with Crippen LogP contribution in [0, 0.1) is 12.7 Å². The van der Waals surface area contributed by atoms with Crippen molar-refractivity contribution in [3.05, 3.63) is 62.3 Å². The largest absolute Gasteiger partial charge is 0.381 e. The van der Waals surface area contributed by atoms with Gasteiger partial charge in [-0.05, 0) is 48.9 Å². The maximum absolute atomic E-state index is 13.6. The average Bonchev–Trinajstić information content (AvgIpc) is 2.32. The highest BCUT2D eigenvalue weighted by Crippen LogP contribution is 2.22. The van der Waals surface area contributed by atoms with Gasteiger partial charge < -0.3 is 5.32 Å². The minimum absolute atomic E-state index is 0.194. The Morgan fingerprint density at radius 3 is 2.44 bits per heavy atom. The van der Waals surface area contributed by atoms with Crippen LogP contribution < -0.4 is 5.32 Å². The monoisotopic (exact) mass is 371 g/mol. The molecule has 0 aliphatic carbocycles. The first kappa shape index (κ1) is 13.6. The van der Waals surface area contributed by atoms with Crippen LogP contribution in [0.5, 0.6) is 0 Å². The van der Waals surface area contributed by atoms with Gasteiger partial charge in [0.1, 0.15) is 5.82 Å². The van der Waals surface area contributed by atoms with E-state index in [1.807, 2.05) is 25.1 Å². The Morgan fingerprint density at radius 1 is 1.06 bits per heavy atom. The van der Waals surface area contributed by atoms with Gasteiger partial charge in [0.2, 0.25) is 0 Å². The molecule has 1 N–H and O–H groups in total. The van der Waals surface area contributed by atoms with Crippen molar-refractivity contribution in [1.29, 1.82) is 0 Å². The number of aryl methyl sites for hydroxylation is 1. The van der Waals surface area contributed by atoms with Gasteiger partial charge in [0, 0.05) is 26.7 Å². The van der Waals surface area contributed by atoms with Crippen LogP contribution in [0.25, 0.3) is 0 Å². The first-order valence-electron chi connectivity index (χ1n) is 5.50. The second-order valence-electron chi connectivity index (χ2n) is 4.05. The van der Waals surface area contributed by atoms with Gasteiger partial charge in [-0.1, -0.05) is 31.9 Å². The summed E-state index contributed by atoms with van der Waals surface area (Å²) in [4.78, 5) is 0. The van der Waals surface area contributed by atoms with Crippen LogP contribution in [0.2, 0.25) is 0 Å². The molecule has 0 heterocycles. The summed E-state index contributed by atoms with van der Waals surface area (Å²) in [6.07, 6.45) is 0. The summed E-state index contributed by atoms with van der Waals surface area (Å²) in [7, 11) is 0. The van der Waals surface area contributed by atoms with Gasteiger partial charge >= 0.3 is 0 Å². The van der Waals surface area contributed by atoms with Gasteiger partial charge in [-0.3, -0.25) is 0 Å². The lowest BCUT2D eigenvalue weighted by atomic mass is 10.1. The molecule has 0 saturated carbocycles. The fourth-order valence-electron chi connectivity index (χ4n) is 1.69. The van der Waals surface area contributed by atoms with Crippen molar-refractivity contribution >= 4 is 37.5 Å². The molecule has 0 bridgehead atoms. The van der Waals surface area contributed by atoms with Crippen LogP contribution in [0.3, 0.4) is 0 Å². The highest BCUT2D eigenvalue weighted by Gasteiger charge is 2.04. The fourth-order valence-corrected chi connectivity index (χ4v) is 2.58. The molecule has 0 aliphatic heterocycles. The van der Waals surface area contributed by atoms with Crippen LogP contribution in [0.1, 0.15) is 11.1 Å². The standard InChI is InChI=1S/C14H12Br2FN/c1-9-6-11(15)3-5-14(9)18-8-10-7-12(16)2-4-13(10)17/h2-7,18H,8H2,1H3. The zero-order valence-electron chi connectivity index (χ0n) is 9.81. The highest BCUT2D eigenvalue weighted by atomic mass is 79.9. The predicted molar refractivity (Wildman–Crippen MR) is 80.3 cm³/mol. The first-order valence-corrected chi connectivity index (χ1v) is 7.09. The van der Waals surface area contributed by atoms with Gasteiger partial charge in [0.15, 0.2) is 0 Å². The van der Waals surface area contributed by atoms with E-state index >= 15 is 0 Å². The van der Waals surface area contributed by atoms with E-state index in [0.29, 0.717) is 12.1 Å². The Morgan fingerprint density at radius 2 is 1.72 bits per heavy atom. The molecule has 4 heteroatoms. The van der Waals surface area contributed by atoms with Crippen molar-refractivity contribution in [2.75, 3.05) is 5.32 Å². The van der Waals surface area contributed by atoms with Crippen LogP contribution in [0.4, 0.5) is 10.1 Å². The van der Waals surface area contributed by atoms with Crippen LogP contribution in [-0.4, -0.2) is 0 Å². The van der Waals surface area contributed by atoms with Crippen molar-refractivity contribution in [2.24, 2.45) is 0 Å². The number of hydrogen-bond donors (Lipinski definition) is 1. The molecule has 0 spiro atoms. The van der Waals surface area contributed by atoms with E-state index in [9.17, 15) is 4.39 Å². The summed E-state index contributed by atoms with van der Waals surface area (Å²) in [6.45, 7) is 2.48. The lowest BCUT2D eigenvalue weighted by Crippen LogP contribution is -2.03. The Bertz CT molecular complexity index is 570. The van der Waals surface area contributed by atoms with Crippen molar-refractivity contribution in [3.8, 4) is 0 Å².